The predicted octanol–water partition coefficient (Wildman–Crippen LogP) is 2.98. The van der Waals surface area contributed by atoms with Gasteiger partial charge < -0.3 is 20.4 Å². The molecule has 2 aliphatic rings. The number of aliphatic carboxylic acids is 4. The van der Waals surface area contributed by atoms with Crippen molar-refractivity contribution in [2.24, 2.45) is 10.8 Å². The highest BCUT2D eigenvalue weighted by atomic mass is 19.4. The van der Waals surface area contributed by atoms with E-state index in [-0.39, 0.29) is 0 Å². The van der Waals surface area contributed by atoms with Crippen molar-refractivity contribution in [1.29, 1.82) is 0 Å². The average Bonchev–Trinajstić information content (AvgIpc) is 2.71. The molecule has 180 valence electrons. The van der Waals surface area contributed by atoms with E-state index in [0.717, 1.165) is 0 Å². The van der Waals surface area contributed by atoms with Gasteiger partial charge in [0.25, 0.3) is 0 Å². The van der Waals surface area contributed by atoms with Crippen LogP contribution in [-0.4, -0.2) is 62.1 Å². The lowest BCUT2D eigenvalue weighted by atomic mass is 9.66. The lowest BCUT2D eigenvalue weighted by Crippen LogP contribution is -2.59. The van der Waals surface area contributed by atoms with Gasteiger partial charge in [0.05, 0.1) is 0 Å². The zero-order valence-corrected chi connectivity index (χ0v) is 16.1. The SMILES string of the molecule is O=C(O)C1(C(=O)O)C=CC=C(C(F)(C2=CC=CC(C(=O)O)(C(=O)O)C2)C(F)(F)C(F)(F)F)C1. The third kappa shape index (κ3) is 3.58. The molecule has 0 saturated carbocycles. The maximum atomic E-state index is 16.1. The van der Waals surface area contributed by atoms with Crippen LogP contribution in [0.3, 0.4) is 0 Å². The number of carboxylic acids is 4. The van der Waals surface area contributed by atoms with Crippen molar-refractivity contribution < 1.29 is 65.9 Å². The number of halogens is 6. The highest BCUT2D eigenvalue weighted by Gasteiger charge is 2.75. The summed E-state index contributed by atoms with van der Waals surface area (Å²) in [5, 5.41) is 37.1. The number of rotatable bonds is 7. The predicted molar refractivity (Wildman–Crippen MR) is 93.9 cm³/mol. The van der Waals surface area contributed by atoms with Crippen LogP contribution < -0.4 is 0 Å². The Balaban J connectivity index is 2.81. The van der Waals surface area contributed by atoms with Crippen molar-refractivity contribution in [3.63, 3.8) is 0 Å². The molecule has 0 radical (unpaired) electrons. The zero-order valence-electron chi connectivity index (χ0n) is 16.1. The molecule has 0 aromatic heterocycles. The van der Waals surface area contributed by atoms with E-state index in [4.69, 9.17) is 0 Å². The molecule has 14 heteroatoms. The fourth-order valence-corrected chi connectivity index (χ4v) is 3.54. The van der Waals surface area contributed by atoms with Crippen LogP contribution >= 0.6 is 0 Å². The Morgan fingerprint density at radius 1 is 0.667 bits per heavy atom. The third-order valence-corrected chi connectivity index (χ3v) is 5.50. The normalized spacial score (nSPS) is 19.9. The van der Waals surface area contributed by atoms with Gasteiger partial charge in [-0.25, -0.2) is 4.39 Å². The molecule has 0 unspecified atom stereocenters. The molecular formula is C19H14F6O8. The van der Waals surface area contributed by atoms with E-state index >= 15 is 4.39 Å². The van der Waals surface area contributed by atoms with E-state index in [1.54, 1.807) is 0 Å². The number of alkyl halides is 6. The standard InChI is InChI=1S/C19H14F6O8/c20-17(18(21,22)19(23,24)25,9-3-1-5-15(7-9,11(26)27)12(28)29)10-4-2-6-16(8-10,13(30)31)14(32)33/h1-6H,7-8H2,(H,26,27)(H,28,29)(H,30,31)(H,32,33). The van der Waals surface area contributed by atoms with Crippen LogP contribution in [0.5, 0.6) is 0 Å². The minimum atomic E-state index is -6.63. The summed E-state index contributed by atoms with van der Waals surface area (Å²) in [4.78, 5) is 46.1. The highest BCUT2D eigenvalue weighted by molar-refractivity contribution is 6.02. The molecule has 4 N–H and O–H groups in total. The van der Waals surface area contributed by atoms with Gasteiger partial charge in [0.2, 0.25) is 5.67 Å². The van der Waals surface area contributed by atoms with E-state index in [1.807, 2.05) is 0 Å². The fraction of sp³-hybridized carbons (Fsp3) is 0.368. The van der Waals surface area contributed by atoms with E-state index in [2.05, 4.69) is 0 Å². The molecule has 2 aliphatic carbocycles. The van der Waals surface area contributed by atoms with Crippen LogP contribution in [0.4, 0.5) is 26.3 Å². The largest absolute Gasteiger partial charge is 0.480 e. The van der Waals surface area contributed by atoms with Gasteiger partial charge in [0, 0.05) is 12.8 Å². The molecule has 33 heavy (non-hydrogen) atoms. The average molecular weight is 484 g/mol. The van der Waals surface area contributed by atoms with Crippen molar-refractivity contribution in [2.75, 3.05) is 0 Å². The summed E-state index contributed by atoms with van der Waals surface area (Å²) in [5.74, 6) is -15.1. The molecule has 0 heterocycles. The summed E-state index contributed by atoms with van der Waals surface area (Å²) >= 11 is 0. The zero-order chi connectivity index (χ0) is 25.6. The fourth-order valence-electron chi connectivity index (χ4n) is 3.54. The van der Waals surface area contributed by atoms with Gasteiger partial charge in [0.1, 0.15) is 0 Å². The molecule has 0 spiro atoms. The lowest BCUT2D eigenvalue weighted by Gasteiger charge is -2.42. The van der Waals surface area contributed by atoms with Gasteiger partial charge in [-0.05, 0) is 11.1 Å². The number of allylic oxidation sites excluding steroid dienone is 6. The lowest BCUT2D eigenvalue weighted by molar-refractivity contribution is -0.315. The summed E-state index contributed by atoms with van der Waals surface area (Å²) in [6.07, 6.45) is -7.57. The second kappa shape index (κ2) is 7.78. The molecule has 0 aliphatic heterocycles. The third-order valence-electron chi connectivity index (χ3n) is 5.50. The van der Waals surface area contributed by atoms with Crippen LogP contribution in [0.15, 0.2) is 47.6 Å². The molecular weight excluding hydrogens is 470 g/mol. The van der Waals surface area contributed by atoms with Gasteiger partial charge in [-0.3, -0.25) is 19.2 Å². The van der Waals surface area contributed by atoms with E-state index < -0.39 is 76.5 Å². The van der Waals surface area contributed by atoms with Gasteiger partial charge in [-0.15, -0.1) is 0 Å². The second-order valence-electron chi connectivity index (χ2n) is 7.35. The number of hydrogen-bond donors (Lipinski definition) is 4. The molecule has 0 atom stereocenters. The van der Waals surface area contributed by atoms with Crippen molar-refractivity contribution in [1.82, 2.24) is 0 Å². The summed E-state index contributed by atoms with van der Waals surface area (Å²) in [5.41, 5.74) is -14.6. The smallest absolute Gasteiger partial charge is 0.457 e. The van der Waals surface area contributed by atoms with Gasteiger partial charge in [-0.2, -0.15) is 22.0 Å². The maximum Gasteiger partial charge on any atom is 0.457 e. The topological polar surface area (TPSA) is 149 Å². The Morgan fingerprint density at radius 2 is 0.970 bits per heavy atom. The van der Waals surface area contributed by atoms with Crippen LogP contribution in [-0.2, 0) is 19.2 Å². The van der Waals surface area contributed by atoms with Crippen molar-refractivity contribution in [2.45, 2.75) is 30.6 Å². The van der Waals surface area contributed by atoms with Gasteiger partial charge in [0.15, 0.2) is 10.8 Å². The molecule has 0 aromatic rings. The van der Waals surface area contributed by atoms with Crippen molar-refractivity contribution >= 4 is 23.9 Å². The van der Waals surface area contributed by atoms with E-state index in [1.165, 1.54) is 0 Å². The van der Waals surface area contributed by atoms with Crippen LogP contribution in [0.1, 0.15) is 12.8 Å². The molecule has 0 aromatic carbocycles. The summed E-state index contributed by atoms with van der Waals surface area (Å²) in [6.45, 7) is 0. The monoisotopic (exact) mass is 484 g/mol. The maximum absolute atomic E-state index is 16.1. The van der Waals surface area contributed by atoms with Crippen molar-refractivity contribution in [3.05, 3.63) is 47.6 Å². The van der Waals surface area contributed by atoms with Crippen LogP contribution in [0, 0.1) is 10.8 Å². The molecule has 2 rings (SSSR count). The van der Waals surface area contributed by atoms with Crippen LogP contribution in [0.25, 0.3) is 0 Å². The molecule has 0 bridgehead atoms. The van der Waals surface area contributed by atoms with E-state index in [0.29, 0.717) is 36.5 Å². The van der Waals surface area contributed by atoms with E-state index in [9.17, 15) is 61.6 Å². The van der Waals surface area contributed by atoms with Crippen LogP contribution in [0.2, 0.25) is 0 Å². The first-order valence-electron chi connectivity index (χ1n) is 8.75. The molecule has 0 saturated heterocycles. The minimum Gasteiger partial charge on any atom is -0.480 e. The number of carboxylic acid groups (broad SMARTS) is 4. The molecule has 0 amide bonds. The Kier molecular flexibility index (Phi) is 6.05. The Morgan fingerprint density at radius 3 is 1.21 bits per heavy atom. The quantitative estimate of drug-likeness (QED) is 0.318. The Labute approximate surface area is 179 Å². The summed E-state index contributed by atoms with van der Waals surface area (Å²) in [6, 6.07) is 0. The highest BCUT2D eigenvalue weighted by Crippen LogP contribution is 2.57. The second-order valence-corrected chi connectivity index (χ2v) is 7.35. The number of hydrogen-bond acceptors (Lipinski definition) is 4. The first kappa shape index (κ1) is 25.7. The van der Waals surface area contributed by atoms with Gasteiger partial charge >= 0.3 is 36.0 Å². The first-order valence-corrected chi connectivity index (χ1v) is 8.75. The minimum absolute atomic E-state index is 0.312. The summed E-state index contributed by atoms with van der Waals surface area (Å²) < 4.78 is 85.3. The van der Waals surface area contributed by atoms with Crippen molar-refractivity contribution in [3.8, 4) is 0 Å². The van der Waals surface area contributed by atoms with Gasteiger partial charge in [-0.1, -0.05) is 36.5 Å². The first-order chi connectivity index (χ1) is 14.9. The molecule has 8 nitrogen and oxygen atoms in total. The molecule has 0 fully saturated rings. The Hall–Kier alpha value is -3.58. The number of carbonyl (C=O) groups is 4. The Bertz CT molecular complexity index is 939. The summed E-state index contributed by atoms with van der Waals surface area (Å²) in [7, 11) is 0.